The van der Waals surface area contributed by atoms with Crippen molar-refractivity contribution in [1.82, 2.24) is 5.32 Å². The van der Waals surface area contributed by atoms with E-state index in [1.807, 2.05) is 31.2 Å². The van der Waals surface area contributed by atoms with Crippen LogP contribution in [-0.2, 0) is 9.59 Å². The van der Waals surface area contributed by atoms with Gasteiger partial charge in [-0.05, 0) is 31.2 Å². The fourth-order valence-electron chi connectivity index (χ4n) is 1.23. The predicted octanol–water partition coefficient (Wildman–Crippen LogP) is 1.87. The van der Waals surface area contributed by atoms with E-state index in [0.29, 0.717) is 12.3 Å². The Hall–Kier alpha value is -1.49. The van der Waals surface area contributed by atoms with Crippen molar-refractivity contribution >= 4 is 29.3 Å². The molecule has 1 rings (SSSR count). The molecule has 0 aliphatic heterocycles. The van der Waals surface area contributed by atoms with Gasteiger partial charge in [0.05, 0.1) is 5.75 Å². The number of benzene rings is 1. The molecule has 0 fully saturated rings. The fraction of sp³-hybridized carbons (Fsp3) is 0.333. The zero-order valence-corrected chi connectivity index (χ0v) is 10.8. The molecular weight excluding hydrogens is 236 g/mol. The lowest BCUT2D eigenvalue weighted by atomic mass is 10.3. The van der Waals surface area contributed by atoms with E-state index < -0.39 is 0 Å². The Bertz CT molecular complexity index is 390. The molecule has 1 aromatic carbocycles. The van der Waals surface area contributed by atoms with Crippen molar-refractivity contribution in [1.29, 1.82) is 0 Å². The Morgan fingerprint density at radius 2 is 1.88 bits per heavy atom. The van der Waals surface area contributed by atoms with Crippen molar-refractivity contribution < 1.29 is 9.59 Å². The second kappa shape index (κ2) is 6.96. The highest BCUT2D eigenvalue weighted by Gasteiger charge is 2.01. The van der Waals surface area contributed by atoms with Gasteiger partial charge in [-0.1, -0.05) is 0 Å². The average molecular weight is 252 g/mol. The maximum absolute atomic E-state index is 11.2. The summed E-state index contributed by atoms with van der Waals surface area (Å²) in [4.78, 5) is 23.1. The highest BCUT2D eigenvalue weighted by atomic mass is 32.2. The molecule has 0 bridgehead atoms. The first-order valence-electron chi connectivity index (χ1n) is 5.39. The minimum absolute atomic E-state index is 0.0310. The Morgan fingerprint density at radius 3 is 2.41 bits per heavy atom. The molecule has 92 valence electrons. The summed E-state index contributed by atoms with van der Waals surface area (Å²) in [6.45, 7) is 4.02. The number of amides is 2. The van der Waals surface area contributed by atoms with E-state index >= 15 is 0 Å². The summed E-state index contributed by atoms with van der Waals surface area (Å²) in [6.07, 6.45) is 0. The molecule has 17 heavy (non-hydrogen) atoms. The van der Waals surface area contributed by atoms with Crippen molar-refractivity contribution in [2.24, 2.45) is 0 Å². The first-order chi connectivity index (χ1) is 8.11. The predicted molar refractivity (Wildman–Crippen MR) is 70.2 cm³/mol. The van der Waals surface area contributed by atoms with Gasteiger partial charge in [-0.3, -0.25) is 9.59 Å². The number of hydrogen-bond donors (Lipinski definition) is 2. The van der Waals surface area contributed by atoms with Gasteiger partial charge in [0, 0.05) is 24.1 Å². The first-order valence-corrected chi connectivity index (χ1v) is 6.37. The van der Waals surface area contributed by atoms with E-state index in [4.69, 9.17) is 0 Å². The van der Waals surface area contributed by atoms with Crippen LogP contribution in [0.1, 0.15) is 13.8 Å². The Morgan fingerprint density at radius 1 is 1.24 bits per heavy atom. The third kappa shape index (κ3) is 5.40. The van der Waals surface area contributed by atoms with Gasteiger partial charge in [-0.25, -0.2) is 0 Å². The maximum atomic E-state index is 11.2. The molecule has 1 aromatic rings. The molecule has 0 aliphatic carbocycles. The molecular formula is C12H16N2O2S. The quantitative estimate of drug-likeness (QED) is 0.787. The molecule has 0 saturated heterocycles. The van der Waals surface area contributed by atoms with E-state index in [2.05, 4.69) is 10.6 Å². The van der Waals surface area contributed by atoms with Gasteiger partial charge < -0.3 is 10.6 Å². The topological polar surface area (TPSA) is 58.2 Å². The highest BCUT2D eigenvalue weighted by molar-refractivity contribution is 8.00. The van der Waals surface area contributed by atoms with Crippen LogP contribution in [0.15, 0.2) is 29.2 Å². The van der Waals surface area contributed by atoms with Crippen LogP contribution in [0.4, 0.5) is 5.69 Å². The van der Waals surface area contributed by atoms with Gasteiger partial charge in [-0.15, -0.1) is 11.8 Å². The number of nitrogens with one attached hydrogen (secondary N) is 2. The Kier molecular flexibility index (Phi) is 5.56. The number of rotatable bonds is 5. The van der Waals surface area contributed by atoms with Crippen LogP contribution in [0.3, 0.4) is 0 Å². The van der Waals surface area contributed by atoms with E-state index in [0.717, 1.165) is 10.6 Å². The number of anilines is 1. The summed E-state index contributed by atoms with van der Waals surface area (Å²) in [5, 5.41) is 5.43. The van der Waals surface area contributed by atoms with E-state index in [-0.39, 0.29) is 11.8 Å². The molecule has 0 aliphatic rings. The zero-order chi connectivity index (χ0) is 12.7. The van der Waals surface area contributed by atoms with E-state index in [9.17, 15) is 9.59 Å². The Labute approximate surface area is 105 Å². The molecule has 0 atom stereocenters. The summed E-state index contributed by atoms with van der Waals surface area (Å²) in [7, 11) is 0. The lowest BCUT2D eigenvalue weighted by Crippen LogP contribution is -2.24. The number of carbonyl (C=O) groups excluding carboxylic acids is 2. The smallest absolute Gasteiger partial charge is 0.230 e. The maximum Gasteiger partial charge on any atom is 0.230 e. The minimum atomic E-state index is -0.0901. The molecule has 0 radical (unpaired) electrons. The summed E-state index contributed by atoms with van der Waals surface area (Å²) < 4.78 is 0. The minimum Gasteiger partial charge on any atom is -0.356 e. The lowest BCUT2D eigenvalue weighted by molar-refractivity contribution is -0.118. The number of thioether (sulfide) groups is 1. The standard InChI is InChI=1S/C12H16N2O2S/c1-3-13-12(16)8-17-11-6-4-10(5-7-11)14-9(2)15/h4-7H,3,8H2,1-2H3,(H,13,16)(H,14,15). The van der Waals surface area contributed by atoms with Crippen LogP contribution >= 0.6 is 11.8 Å². The second-order valence-corrected chi connectivity index (χ2v) is 4.50. The van der Waals surface area contributed by atoms with Crippen LogP contribution in [-0.4, -0.2) is 24.1 Å². The Balaban J connectivity index is 2.45. The fourth-order valence-corrected chi connectivity index (χ4v) is 1.96. The summed E-state index contributed by atoms with van der Waals surface area (Å²) >= 11 is 1.47. The normalized spacial score (nSPS) is 9.76. The second-order valence-electron chi connectivity index (χ2n) is 3.45. The van der Waals surface area contributed by atoms with E-state index in [1.165, 1.54) is 18.7 Å². The molecule has 0 saturated carbocycles. The van der Waals surface area contributed by atoms with Crippen molar-refractivity contribution in [3.8, 4) is 0 Å². The van der Waals surface area contributed by atoms with Crippen LogP contribution < -0.4 is 10.6 Å². The summed E-state index contributed by atoms with van der Waals surface area (Å²) in [5.74, 6) is 0.351. The highest BCUT2D eigenvalue weighted by Crippen LogP contribution is 2.19. The third-order valence-corrected chi connectivity index (χ3v) is 2.93. The molecule has 5 heteroatoms. The van der Waals surface area contributed by atoms with Gasteiger partial charge in [0.2, 0.25) is 11.8 Å². The van der Waals surface area contributed by atoms with Crippen LogP contribution in [0.2, 0.25) is 0 Å². The molecule has 4 nitrogen and oxygen atoms in total. The monoisotopic (exact) mass is 252 g/mol. The summed E-state index contributed by atoms with van der Waals surface area (Å²) in [6, 6.07) is 7.41. The molecule has 0 unspecified atom stereocenters. The largest absolute Gasteiger partial charge is 0.356 e. The molecule has 2 amide bonds. The van der Waals surface area contributed by atoms with Crippen molar-refractivity contribution in [3.05, 3.63) is 24.3 Å². The number of hydrogen-bond acceptors (Lipinski definition) is 3. The third-order valence-electron chi connectivity index (χ3n) is 1.92. The molecule has 2 N–H and O–H groups in total. The van der Waals surface area contributed by atoms with Gasteiger partial charge in [-0.2, -0.15) is 0 Å². The van der Waals surface area contributed by atoms with Gasteiger partial charge in [0.1, 0.15) is 0 Å². The van der Waals surface area contributed by atoms with Crippen molar-refractivity contribution in [2.75, 3.05) is 17.6 Å². The summed E-state index contributed by atoms with van der Waals surface area (Å²) in [5.41, 5.74) is 0.764. The van der Waals surface area contributed by atoms with Gasteiger partial charge >= 0.3 is 0 Å². The van der Waals surface area contributed by atoms with Crippen molar-refractivity contribution in [2.45, 2.75) is 18.7 Å². The molecule has 0 spiro atoms. The molecule has 0 aromatic heterocycles. The average Bonchev–Trinajstić information content (AvgIpc) is 2.28. The SMILES string of the molecule is CCNC(=O)CSc1ccc(NC(C)=O)cc1. The number of carbonyl (C=O) groups is 2. The van der Waals surface area contributed by atoms with Crippen LogP contribution in [0.25, 0.3) is 0 Å². The van der Waals surface area contributed by atoms with Crippen molar-refractivity contribution in [3.63, 3.8) is 0 Å². The zero-order valence-electron chi connectivity index (χ0n) is 9.95. The first kappa shape index (κ1) is 13.6. The van der Waals surface area contributed by atoms with E-state index in [1.54, 1.807) is 0 Å². The molecule has 0 heterocycles. The van der Waals surface area contributed by atoms with Gasteiger partial charge in [0.15, 0.2) is 0 Å². The van der Waals surface area contributed by atoms with Gasteiger partial charge in [0.25, 0.3) is 0 Å². The van der Waals surface area contributed by atoms with Crippen LogP contribution in [0.5, 0.6) is 0 Å². The lowest BCUT2D eigenvalue weighted by Gasteiger charge is -2.04. The van der Waals surface area contributed by atoms with Crippen LogP contribution in [0, 0.1) is 0 Å².